The van der Waals surface area contributed by atoms with Crippen molar-refractivity contribution >= 4 is 0 Å². The Bertz CT molecular complexity index is 114. The van der Waals surface area contributed by atoms with Gasteiger partial charge >= 0.3 is 0 Å². The summed E-state index contributed by atoms with van der Waals surface area (Å²) in [5.41, 5.74) is 4.47. The van der Waals surface area contributed by atoms with E-state index < -0.39 is 5.67 Å². The van der Waals surface area contributed by atoms with E-state index in [9.17, 15) is 4.39 Å². The van der Waals surface area contributed by atoms with E-state index in [1.807, 2.05) is 6.92 Å². The van der Waals surface area contributed by atoms with Gasteiger partial charge in [-0.3, -0.25) is 0 Å². The molecule has 0 aromatic rings. The third kappa shape index (κ3) is 1.67. The van der Waals surface area contributed by atoms with Crippen LogP contribution < -0.4 is 5.73 Å². The molecular formula is C7H14FNO. The van der Waals surface area contributed by atoms with Crippen LogP contribution in [0.3, 0.4) is 0 Å². The van der Waals surface area contributed by atoms with Crippen LogP contribution in [0.15, 0.2) is 0 Å². The van der Waals surface area contributed by atoms with Crippen LogP contribution in [0.1, 0.15) is 19.8 Å². The SMILES string of the molecule is CC[C@@H](N)CC1(F)COC1. The van der Waals surface area contributed by atoms with Gasteiger partial charge in [-0.2, -0.15) is 0 Å². The molecule has 0 aliphatic carbocycles. The van der Waals surface area contributed by atoms with Crippen molar-refractivity contribution in [2.75, 3.05) is 13.2 Å². The molecule has 1 rings (SSSR count). The van der Waals surface area contributed by atoms with Crippen LogP contribution in [0.5, 0.6) is 0 Å². The number of halogens is 1. The number of hydrogen-bond donors (Lipinski definition) is 1. The van der Waals surface area contributed by atoms with Crippen LogP contribution >= 0.6 is 0 Å². The maximum absolute atomic E-state index is 13.1. The molecule has 0 radical (unpaired) electrons. The molecule has 0 amide bonds. The lowest BCUT2D eigenvalue weighted by molar-refractivity contribution is -0.135. The summed E-state index contributed by atoms with van der Waals surface area (Å²) >= 11 is 0. The van der Waals surface area contributed by atoms with Gasteiger partial charge in [0.1, 0.15) is 0 Å². The fraction of sp³-hybridized carbons (Fsp3) is 1.00. The Hall–Kier alpha value is -0.150. The van der Waals surface area contributed by atoms with Crippen molar-refractivity contribution in [2.45, 2.75) is 31.5 Å². The predicted molar refractivity (Wildman–Crippen MR) is 37.5 cm³/mol. The maximum Gasteiger partial charge on any atom is 0.158 e. The maximum atomic E-state index is 13.1. The molecule has 0 unspecified atom stereocenters. The van der Waals surface area contributed by atoms with E-state index in [1.165, 1.54) is 0 Å². The summed E-state index contributed by atoms with van der Waals surface area (Å²) in [5, 5.41) is 0. The Kier molecular flexibility index (Phi) is 2.26. The predicted octanol–water partition coefficient (Wildman–Crippen LogP) is 0.852. The summed E-state index contributed by atoms with van der Waals surface area (Å²) in [6.07, 6.45) is 1.29. The van der Waals surface area contributed by atoms with Gasteiger partial charge in [0.2, 0.25) is 0 Å². The lowest BCUT2D eigenvalue weighted by Crippen LogP contribution is -2.49. The molecule has 0 saturated carbocycles. The Morgan fingerprint density at radius 1 is 1.70 bits per heavy atom. The molecule has 2 nitrogen and oxygen atoms in total. The third-order valence-corrected chi connectivity index (χ3v) is 1.87. The molecule has 1 heterocycles. The molecule has 3 heteroatoms. The van der Waals surface area contributed by atoms with Crippen molar-refractivity contribution in [3.05, 3.63) is 0 Å². The van der Waals surface area contributed by atoms with Crippen molar-refractivity contribution in [1.82, 2.24) is 0 Å². The number of nitrogens with two attached hydrogens (primary N) is 1. The van der Waals surface area contributed by atoms with Crippen LogP contribution in [0.2, 0.25) is 0 Å². The molecular weight excluding hydrogens is 133 g/mol. The van der Waals surface area contributed by atoms with E-state index in [2.05, 4.69) is 0 Å². The number of rotatable bonds is 3. The van der Waals surface area contributed by atoms with Crippen molar-refractivity contribution in [2.24, 2.45) is 5.73 Å². The molecule has 0 aromatic carbocycles. The number of hydrogen-bond acceptors (Lipinski definition) is 2. The van der Waals surface area contributed by atoms with Gasteiger partial charge in [0, 0.05) is 12.5 Å². The largest absolute Gasteiger partial charge is 0.375 e. The summed E-state index contributed by atoms with van der Waals surface area (Å²) in [5.74, 6) is 0. The van der Waals surface area contributed by atoms with Crippen LogP contribution in [0.4, 0.5) is 4.39 Å². The third-order valence-electron chi connectivity index (χ3n) is 1.87. The van der Waals surface area contributed by atoms with E-state index in [4.69, 9.17) is 10.5 Å². The first kappa shape index (κ1) is 7.95. The van der Waals surface area contributed by atoms with Gasteiger partial charge in [0.05, 0.1) is 13.2 Å². The van der Waals surface area contributed by atoms with Gasteiger partial charge in [0.25, 0.3) is 0 Å². The monoisotopic (exact) mass is 147 g/mol. The second kappa shape index (κ2) is 2.84. The fourth-order valence-electron chi connectivity index (χ4n) is 1.06. The molecule has 2 N–H and O–H groups in total. The van der Waals surface area contributed by atoms with Crippen LogP contribution in [-0.2, 0) is 4.74 Å². The molecule has 1 atom stereocenters. The highest BCUT2D eigenvalue weighted by Crippen LogP contribution is 2.27. The lowest BCUT2D eigenvalue weighted by Gasteiger charge is -2.35. The van der Waals surface area contributed by atoms with E-state index in [0.29, 0.717) is 6.42 Å². The average Bonchev–Trinajstić information content (AvgIpc) is 1.84. The van der Waals surface area contributed by atoms with E-state index in [0.717, 1.165) is 6.42 Å². The molecule has 1 saturated heterocycles. The van der Waals surface area contributed by atoms with Gasteiger partial charge in [-0.1, -0.05) is 6.92 Å². The van der Waals surface area contributed by atoms with E-state index in [-0.39, 0.29) is 19.3 Å². The zero-order valence-electron chi connectivity index (χ0n) is 6.27. The molecule has 1 aliphatic heterocycles. The van der Waals surface area contributed by atoms with Gasteiger partial charge in [0.15, 0.2) is 5.67 Å². The molecule has 10 heavy (non-hydrogen) atoms. The summed E-state index contributed by atoms with van der Waals surface area (Å²) in [6, 6.07) is -0.00565. The summed E-state index contributed by atoms with van der Waals surface area (Å²) in [7, 11) is 0. The normalized spacial score (nSPS) is 25.5. The minimum atomic E-state index is -1.10. The van der Waals surface area contributed by atoms with Crippen LogP contribution in [0, 0.1) is 0 Å². The molecule has 1 aliphatic rings. The standard InChI is InChI=1S/C7H14FNO/c1-2-6(9)3-7(8)4-10-5-7/h6H,2-5,9H2,1H3/t6-/m1/s1. The fourth-order valence-corrected chi connectivity index (χ4v) is 1.06. The van der Waals surface area contributed by atoms with Gasteiger partial charge in [-0.25, -0.2) is 4.39 Å². The quantitative estimate of drug-likeness (QED) is 0.642. The Morgan fingerprint density at radius 3 is 2.60 bits per heavy atom. The zero-order valence-corrected chi connectivity index (χ0v) is 6.27. The Balaban J connectivity index is 2.22. The molecule has 0 spiro atoms. The molecule has 1 fully saturated rings. The van der Waals surface area contributed by atoms with Gasteiger partial charge in [-0.15, -0.1) is 0 Å². The van der Waals surface area contributed by atoms with Crippen LogP contribution in [-0.4, -0.2) is 24.9 Å². The summed E-state index contributed by atoms with van der Waals surface area (Å²) < 4.78 is 17.9. The summed E-state index contributed by atoms with van der Waals surface area (Å²) in [6.45, 7) is 2.44. The number of ether oxygens (including phenoxy) is 1. The topological polar surface area (TPSA) is 35.2 Å². The lowest BCUT2D eigenvalue weighted by atomic mass is 9.94. The highest BCUT2D eigenvalue weighted by atomic mass is 19.1. The first-order valence-corrected chi connectivity index (χ1v) is 3.68. The molecule has 0 aromatic heterocycles. The van der Waals surface area contributed by atoms with Crippen LogP contribution in [0.25, 0.3) is 0 Å². The van der Waals surface area contributed by atoms with Crippen molar-refractivity contribution in [3.8, 4) is 0 Å². The molecule has 0 bridgehead atoms. The minimum absolute atomic E-state index is 0.00565. The van der Waals surface area contributed by atoms with Gasteiger partial charge in [-0.05, 0) is 6.42 Å². The average molecular weight is 147 g/mol. The summed E-state index contributed by atoms with van der Waals surface area (Å²) in [4.78, 5) is 0. The van der Waals surface area contributed by atoms with Crippen molar-refractivity contribution < 1.29 is 9.13 Å². The smallest absolute Gasteiger partial charge is 0.158 e. The zero-order chi connectivity index (χ0) is 7.61. The Morgan fingerprint density at radius 2 is 2.30 bits per heavy atom. The van der Waals surface area contributed by atoms with Crippen molar-refractivity contribution in [1.29, 1.82) is 0 Å². The van der Waals surface area contributed by atoms with E-state index >= 15 is 0 Å². The Labute approximate surface area is 60.5 Å². The second-order valence-electron chi connectivity index (χ2n) is 3.02. The highest BCUT2D eigenvalue weighted by molar-refractivity contribution is 4.88. The number of alkyl halides is 1. The molecule has 60 valence electrons. The first-order valence-electron chi connectivity index (χ1n) is 3.68. The van der Waals surface area contributed by atoms with Crippen molar-refractivity contribution in [3.63, 3.8) is 0 Å². The van der Waals surface area contributed by atoms with E-state index in [1.54, 1.807) is 0 Å². The minimum Gasteiger partial charge on any atom is -0.375 e. The first-order chi connectivity index (χ1) is 4.66. The van der Waals surface area contributed by atoms with Gasteiger partial charge < -0.3 is 10.5 Å². The highest BCUT2D eigenvalue weighted by Gasteiger charge is 2.39. The second-order valence-corrected chi connectivity index (χ2v) is 3.02.